The molecule has 34 heavy (non-hydrogen) atoms. The summed E-state index contributed by atoms with van der Waals surface area (Å²) < 4.78 is 88.1. The molecule has 2 heterocycles. The first-order valence-electron chi connectivity index (χ1n) is 9.33. The monoisotopic (exact) mass is 491 g/mol. The van der Waals surface area contributed by atoms with Gasteiger partial charge in [-0.05, 0) is 42.5 Å². The summed E-state index contributed by atoms with van der Waals surface area (Å²) in [7, 11) is -4.63. The van der Waals surface area contributed by atoms with Crippen LogP contribution in [0.3, 0.4) is 0 Å². The number of nitrogens with two attached hydrogens (primary N) is 1. The molecule has 4 rings (SSSR count). The van der Waals surface area contributed by atoms with Gasteiger partial charge in [0.05, 0.1) is 21.8 Å². The molecule has 2 aromatic heterocycles. The van der Waals surface area contributed by atoms with Gasteiger partial charge in [-0.25, -0.2) is 36.5 Å². The van der Waals surface area contributed by atoms with Crippen molar-refractivity contribution in [1.82, 2.24) is 15.0 Å². The van der Waals surface area contributed by atoms with Crippen molar-refractivity contribution in [3.8, 4) is 22.9 Å². The lowest BCUT2D eigenvalue weighted by atomic mass is 10.2. The minimum atomic E-state index is -4.63. The number of aromatic nitrogens is 3. The van der Waals surface area contributed by atoms with Crippen LogP contribution in [0.5, 0.6) is 11.6 Å². The lowest BCUT2D eigenvalue weighted by molar-refractivity contribution is 0.407. The van der Waals surface area contributed by atoms with Crippen molar-refractivity contribution in [3.05, 3.63) is 84.2 Å². The zero-order chi connectivity index (χ0) is 24.5. The largest absolute Gasteiger partial charge is 0.435 e. The molecule has 8 nitrogen and oxygen atoms in total. The van der Waals surface area contributed by atoms with E-state index < -0.39 is 49.6 Å². The van der Waals surface area contributed by atoms with Crippen molar-refractivity contribution in [2.75, 3.05) is 10.5 Å². The molecule has 0 atom stereocenters. The van der Waals surface area contributed by atoms with E-state index >= 15 is 0 Å². The fourth-order valence-corrected chi connectivity index (χ4v) is 3.97. The van der Waals surface area contributed by atoms with E-state index in [0.717, 1.165) is 12.1 Å². The van der Waals surface area contributed by atoms with Gasteiger partial charge < -0.3 is 10.5 Å². The second kappa shape index (κ2) is 8.94. The van der Waals surface area contributed by atoms with Gasteiger partial charge in [-0.3, -0.25) is 4.72 Å². The third-order valence-corrected chi connectivity index (χ3v) is 5.71. The van der Waals surface area contributed by atoms with Gasteiger partial charge in [-0.15, -0.1) is 0 Å². The molecule has 0 radical (unpaired) electrons. The van der Waals surface area contributed by atoms with E-state index in [9.17, 15) is 26.0 Å². The molecule has 0 fully saturated rings. The Hall–Kier alpha value is -4.26. The molecule has 174 valence electrons. The maximum atomic E-state index is 14.7. The number of hydrogen-bond donors (Lipinski definition) is 2. The molecule has 13 heteroatoms. The van der Waals surface area contributed by atoms with Crippen LogP contribution in [0, 0.1) is 23.3 Å². The van der Waals surface area contributed by atoms with Gasteiger partial charge in [-0.2, -0.15) is 4.39 Å². The lowest BCUT2D eigenvalue weighted by Crippen LogP contribution is -2.15. The molecule has 0 unspecified atom stereocenters. The van der Waals surface area contributed by atoms with Crippen LogP contribution >= 0.6 is 0 Å². The topological polar surface area (TPSA) is 120 Å². The SMILES string of the molecule is Nc1nccc(-c2cccnc2Oc2ccc(NS(=O)(=O)c3cc(F)cc(F)c3)c(F)c2F)n1. The average molecular weight is 491 g/mol. The number of hydrogen-bond acceptors (Lipinski definition) is 7. The Bertz CT molecular complexity index is 1480. The fraction of sp³-hybridized carbons (Fsp3) is 0. The van der Waals surface area contributed by atoms with Crippen LogP contribution < -0.4 is 15.2 Å². The first-order valence-corrected chi connectivity index (χ1v) is 10.8. The van der Waals surface area contributed by atoms with Gasteiger partial charge in [0.1, 0.15) is 11.6 Å². The predicted octanol–water partition coefficient (Wildman–Crippen LogP) is 4.27. The first-order chi connectivity index (χ1) is 16.1. The first kappa shape index (κ1) is 22.9. The smallest absolute Gasteiger partial charge is 0.262 e. The van der Waals surface area contributed by atoms with Gasteiger partial charge in [0.25, 0.3) is 10.0 Å². The second-order valence-electron chi connectivity index (χ2n) is 6.71. The Morgan fingerprint density at radius 3 is 2.32 bits per heavy atom. The predicted molar refractivity (Wildman–Crippen MR) is 113 cm³/mol. The second-order valence-corrected chi connectivity index (χ2v) is 8.39. The van der Waals surface area contributed by atoms with Gasteiger partial charge in [-0.1, -0.05) is 0 Å². The minimum absolute atomic E-state index is 0.0284. The van der Waals surface area contributed by atoms with Crippen LogP contribution in [0.15, 0.2) is 65.8 Å². The van der Waals surface area contributed by atoms with Crippen molar-refractivity contribution in [1.29, 1.82) is 0 Å². The minimum Gasteiger partial charge on any atom is -0.435 e. The van der Waals surface area contributed by atoms with Gasteiger partial charge in [0.2, 0.25) is 17.6 Å². The zero-order valence-corrected chi connectivity index (χ0v) is 17.7. The number of rotatable bonds is 6. The van der Waals surface area contributed by atoms with Crippen LogP contribution in [0.1, 0.15) is 0 Å². The Balaban J connectivity index is 1.65. The standard InChI is InChI=1S/C21H13F4N5O3S/c22-11-8-12(23)10-13(9-11)34(31,32)30-16-3-4-17(19(25)18(16)24)33-20-14(2-1-6-27-20)15-5-7-28-21(26)29-15/h1-10,30H,(H2,26,28,29). The van der Waals surface area contributed by atoms with Gasteiger partial charge >= 0.3 is 0 Å². The molecule has 0 saturated carbocycles. The summed E-state index contributed by atoms with van der Waals surface area (Å²) in [6.07, 6.45) is 2.73. The molecule has 0 aliphatic heterocycles. The summed E-state index contributed by atoms with van der Waals surface area (Å²) in [5, 5.41) is 0. The molecular formula is C21H13F4N5O3S. The number of ether oxygens (including phenoxy) is 1. The molecule has 0 aliphatic rings. The van der Waals surface area contributed by atoms with E-state index in [-0.39, 0.29) is 11.8 Å². The fourth-order valence-electron chi connectivity index (χ4n) is 2.87. The number of nitrogens with one attached hydrogen (secondary N) is 1. The van der Waals surface area contributed by atoms with Crippen LogP contribution in [-0.2, 0) is 10.0 Å². The van der Waals surface area contributed by atoms with Crippen molar-refractivity contribution in [2.45, 2.75) is 4.90 Å². The summed E-state index contributed by atoms with van der Waals surface area (Å²) >= 11 is 0. The Labute approximate surface area is 190 Å². The molecule has 0 spiro atoms. The van der Waals surface area contributed by atoms with E-state index in [1.54, 1.807) is 16.9 Å². The van der Waals surface area contributed by atoms with Crippen LogP contribution in [0.2, 0.25) is 0 Å². The van der Waals surface area contributed by atoms with E-state index in [0.29, 0.717) is 29.5 Å². The number of benzene rings is 2. The maximum absolute atomic E-state index is 14.7. The molecule has 0 bridgehead atoms. The van der Waals surface area contributed by atoms with Crippen molar-refractivity contribution in [2.24, 2.45) is 0 Å². The highest BCUT2D eigenvalue weighted by Crippen LogP contribution is 2.34. The molecule has 4 aromatic rings. The van der Waals surface area contributed by atoms with E-state index in [4.69, 9.17) is 10.5 Å². The highest BCUT2D eigenvalue weighted by molar-refractivity contribution is 7.92. The summed E-state index contributed by atoms with van der Waals surface area (Å²) in [5.41, 5.74) is 5.38. The molecular weight excluding hydrogens is 478 g/mol. The molecule has 0 amide bonds. The van der Waals surface area contributed by atoms with Gasteiger partial charge in [0.15, 0.2) is 11.6 Å². The van der Waals surface area contributed by atoms with E-state index in [2.05, 4.69) is 15.0 Å². The zero-order valence-electron chi connectivity index (χ0n) is 16.8. The summed E-state index contributed by atoms with van der Waals surface area (Å²) in [5.74, 6) is -6.24. The molecule has 2 aromatic carbocycles. The number of nitrogen functional groups attached to an aromatic ring is 1. The summed E-state index contributed by atoms with van der Waals surface area (Å²) in [4.78, 5) is 11.0. The Morgan fingerprint density at radius 1 is 0.882 bits per heavy atom. The average Bonchev–Trinajstić information content (AvgIpc) is 2.78. The molecule has 0 aliphatic carbocycles. The van der Waals surface area contributed by atoms with E-state index in [1.807, 2.05) is 0 Å². The van der Waals surface area contributed by atoms with Crippen molar-refractivity contribution < 1.29 is 30.7 Å². The Morgan fingerprint density at radius 2 is 1.62 bits per heavy atom. The van der Waals surface area contributed by atoms with E-state index in [1.165, 1.54) is 18.5 Å². The van der Waals surface area contributed by atoms with Crippen molar-refractivity contribution >= 4 is 21.7 Å². The summed E-state index contributed by atoms with van der Waals surface area (Å²) in [6, 6.07) is 7.97. The normalized spacial score (nSPS) is 11.3. The molecule has 3 N–H and O–H groups in total. The third kappa shape index (κ3) is 4.73. The Kier molecular flexibility index (Phi) is 6.03. The molecule has 0 saturated heterocycles. The quantitative estimate of drug-likeness (QED) is 0.387. The number of sulfonamides is 1. The number of halogens is 4. The van der Waals surface area contributed by atoms with Crippen LogP contribution in [0.4, 0.5) is 29.2 Å². The van der Waals surface area contributed by atoms with Crippen LogP contribution in [-0.4, -0.2) is 23.4 Å². The van der Waals surface area contributed by atoms with Gasteiger partial charge in [0, 0.05) is 18.5 Å². The number of pyridine rings is 1. The number of nitrogens with zero attached hydrogens (tertiary/aromatic N) is 3. The van der Waals surface area contributed by atoms with Crippen LogP contribution in [0.25, 0.3) is 11.3 Å². The third-order valence-electron chi connectivity index (χ3n) is 4.37. The maximum Gasteiger partial charge on any atom is 0.262 e. The lowest BCUT2D eigenvalue weighted by Gasteiger charge is -2.13. The number of anilines is 2. The highest BCUT2D eigenvalue weighted by Gasteiger charge is 2.23. The van der Waals surface area contributed by atoms with Crippen molar-refractivity contribution in [3.63, 3.8) is 0 Å². The highest BCUT2D eigenvalue weighted by atomic mass is 32.2. The summed E-state index contributed by atoms with van der Waals surface area (Å²) in [6.45, 7) is 0.